The number of phosphoric ester groups is 1. The van der Waals surface area contributed by atoms with E-state index in [-0.39, 0.29) is 23.6 Å². The average Bonchev–Trinajstić information content (AvgIpc) is 3.32. The molecule has 6 unspecified atom stereocenters. The van der Waals surface area contributed by atoms with E-state index in [4.69, 9.17) is 23.8 Å². The molecule has 33 heavy (non-hydrogen) atoms. The Morgan fingerprint density at radius 1 is 1.18 bits per heavy atom. The van der Waals surface area contributed by atoms with Crippen LogP contribution in [-0.2, 0) is 27.7 Å². The van der Waals surface area contributed by atoms with Gasteiger partial charge in [-0.1, -0.05) is 0 Å². The summed E-state index contributed by atoms with van der Waals surface area (Å²) < 4.78 is 44.8. The lowest BCUT2D eigenvalue weighted by Crippen LogP contribution is -2.32. The van der Waals surface area contributed by atoms with Gasteiger partial charge in [0.1, 0.15) is 12.3 Å². The molecule has 18 heteroatoms. The van der Waals surface area contributed by atoms with Crippen molar-refractivity contribution >= 4 is 38.6 Å². The van der Waals surface area contributed by atoms with E-state index in [0.29, 0.717) is 12.8 Å². The van der Waals surface area contributed by atoms with Crippen LogP contribution in [0, 0.1) is 0 Å². The lowest BCUT2D eigenvalue weighted by atomic mass is 9.73. The first-order valence-electron chi connectivity index (χ1n) is 9.83. The van der Waals surface area contributed by atoms with Gasteiger partial charge in [-0.2, -0.15) is 0 Å². The number of hydrogen-bond acceptors (Lipinski definition) is 9. The molecule has 0 saturated carbocycles. The first kappa shape index (κ1) is 27.0. The molecule has 0 spiro atoms. The third kappa shape index (κ3) is 7.94. The van der Waals surface area contributed by atoms with E-state index in [2.05, 4.69) is 25.4 Å². The van der Waals surface area contributed by atoms with Gasteiger partial charge < -0.3 is 33.8 Å². The van der Waals surface area contributed by atoms with Crippen molar-refractivity contribution in [2.24, 2.45) is 0 Å². The number of aliphatic hydroxyl groups is 1. The van der Waals surface area contributed by atoms with Crippen LogP contribution in [0.1, 0.15) is 25.5 Å². The Bertz CT molecular complexity index is 1050. The number of aromatic amines is 1. The highest BCUT2D eigenvalue weighted by Gasteiger charge is 2.38. The molecular formula is C15H23BBrN2O12P2. The number of ether oxygens (including phenoxy) is 2. The van der Waals surface area contributed by atoms with E-state index in [0.717, 1.165) is 4.57 Å². The van der Waals surface area contributed by atoms with Crippen molar-refractivity contribution in [1.82, 2.24) is 9.55 Å². The summed E-state index contributed by atoms with van der Waals surface area (Å²) in [6, 6.07) is -0.870. The van der Waals surface area contributed by atoms with Crippen LogP contribution < -0.4 is 11.2 Å². The fourth-order valence-corrected chi connectivity index (χ4v) is 5.08. The van der Waals surface area contributed by atoms with E-state index in [9.17, 15) is 28.7 Å². The summed E-state index contributed by atoms with van der Waals surface area (Å²) in [7, 11) is -7.27. The van der Waals surface area contributed by atoms with Gasteiger partial charge in [-0.15, -0.1) is 0 Å². The SMILES string of the molecule is O=c1[nH]c(=O)n(C2CC(O)C(COP(=O)(O)C[B]C3CCC(COP(=O)(O)O)O3)O2)cc1Br. The highest BCUT2D eigenvalue weighted by atomic mass is 79.9. The van der Waals surface area contributed by atoms with Crippen LogP contribution in [0.3, 0.4) is 0 Å². The van der Waals surface area contributed by atoms with Gasteiger partial charge in [0.15, 0.2) is 7.28 Å². The lowest BCUT2D eigenvalue weighted by Gasteiger charge is -2.19. The highest BCUT2D eigenvalue weighted by Crippen LogP contribution is 2.43. The van der Waals surface area contributed by atoms with Crippen molar-refractivity contribution in [1.29, 1.82) is 0 Å². The molecule has 6 atom stereocenters. The number of aromatic nitrogens is 2. The van der Waals surface area contributed by atoms with E-state index >= 15 is 0 Å². The standard InChI is InChI=1S/C15H23BBrN2O12P2/c17-9-4-19(15(22)18-14(9)21)13-3-10(20)11(31-13)6-28-32(23,24)7-16-12-2-1-8(30-12)5-29-33(25,26)27/h4,8,10-13,20H,1-3,5-7H2,(H,23,24)(H,18,21,22)(H2,25,26,27). The molecule has 3 rings (SSSR count). The Kier molecular flexibility index (Phi) is 8.96. The average molecular weight is 576 g/mol. The summed E-state index contributed by atoms with van der Waals surface area (Å²) >= 11 is 3.01. The van der Waals surface area contributed by atoms with E-state index in [1.807, 2.05) is 0 Å². The van der Waals surface area contributed by atoms with Crippen molar-refractivity contribution in [3.8, 4) is 0 Å². The normalized spacial score (nSPS) is 29.8. The maximum atomic E-state index is 12.3. The zero-order valence-electron chi connectivity index (χ0n) is 17.1. The predicted octanol–water partition coefficient (Wildman–Crippen LogP) is -0.574. The van der Waals surface area contributed by atoms with Crippen LogP contribution in [0.15, 0.2) is 20.3 Å². The molecule has 0 amide bonds. The van der Waals surface area contributed by atoms with Crippen LogP contribution >= 0.6 is 31.3 Å². The molecule has 1 radical (unpaired) electrons. The summed E-state index contributed by atoms with van der Waals surface area (Å²) in [6.07, 6.45) is -1.34. The van der Waals surface area contributed by atoms with Crippen molar-refractivity contribution < 1.29 is 47.4 Å². The highest BCUT2D eigenvalue weighted by molar-refractivity contribution is 9.10. The number of rotatable bonds is 10. The van der Waals surface area contributed by atoms with Crippen molar-refractivity contribution in [2.45, 2.75) is 49.8 Å². The molecule has 2 aliphatic heterocycles. The zero-order valence-corrected chi connectivity index (χ0v) is 20.4. The molecule has 3 heterocycles. The molecule has 14 nitrogen and oxygen atoms in total. The molecule has 2 saturated heterocycles. The Labute approximate surface area is 196 Å². The molecule has 2 aliphatic rings. The number of aliphatic hydroxyl groups excluding tert-OH is 1. The smallest absolute Gasteiger partial charge is 0.390 e. The van der Waals surface area contributed by atoms with E-state index < -0.39 is 63.8 Å². The van der Waals surface area contributed by atoms with Crippen LogP contribution in [-0.4, -0.2) is 80.2 Å². The van der Waals surface area contributed by atoms with Crippen LogP contribution in [0.25, 0.3) is 0 Å². The zero-order chi connectivity index (χ0) is 24.4. The lowest BCUT2D eigenvalue weighted by molar-refractivity contribution is -0.0423. The largest absolute Gasteiger partial charge is 0.469 e. The van der Waals surface area contributed by atoms with E-state index in [1.165, 1.54) is 13.5 Å². The van der Waals surface area contributed by atoms with E-state index in [1.54, 1.807) is 0 Å². The van der Waals surface area contributed by atoms with Crippen LogP contribution in [0.5, 0.6) is 0 Å². The minimum atomic E-state index is -4.60. The van der Waals surface area contributed by atoms with Crippen LogP contribution in [0.4, 0.5) is 0 Å². The minimum absolute atomic E-state index is 0.00224. The number of halogens is 1. The molecule has 2 fully saturated rings. The molecule has 0 aliphatic carbocycles. The van der Waals surface area contributed by atoms with Gasteiger partial charge in [-0.25, -0.2) is 9.36 Å². The van der Waals surface area contributed by atoms with Crippen molar-refractivity contribution in [3.63, 3.8) is 0 Å². The van der Waals surface area contributed by atoms with Crippen molar-refractivity contribution in [3.05, 3.63) is 31.5 Å². The summed E-state index contributed by atoms with van der Waals surface area (Å²) in [6.45, 7) is -0.711. The molecular weight excluding hydrogens is 553 g/mol. The summed E-state index contributed by atoms with van der Waals surface area (Å²) in [5.41, 5.74) is -1.34. The second-order valence-corrected chi connectivity index (χ2v) is 11.6. The Morgan fingerprint density at radius 3 is 2.61 bits per heavy atom. The third-order valence-electron chi connectivity index (χ3n) is 5.05. The quantitative estimate of drug-likeness (QED) is 0.175. The van der Waals surface area contributed by atoms with Gasteiger partial charge in [0.05, 0.1) is 29.9 Å². The second kappa shape index (κ2) is 11.0. The number of hydrogen-bond donors (Lipinski definition) is 5. The summed E-state index contributed by atoms with van der Waals surface area (Å²) in [5.74, 6) is 0. The maximum Gasteiger partial charge on any atom is 0.469 e. The molecule has 5 N–H and O–H groups in total. The number of nitrogens with one attached hydrogen (secondary N) is 1. The monoisotopic (exact) mass is 575 g/mol. The fourth-order valence-electron chi connectivity index (χ4n) is 3.41. The topological polar surface area (TPSA) is 207 Å². The van der Waals surface area contributed by atoms with Gasteiger partial charge in [0.25, 0.3) is 5.56 Å². The van der Waals surface area contributed by atoms with Crippen LogP contribution in [0.2, 0.25) is 0 Å². The molecule has 1 aromatic rings. The Hall–Kier alpha value is -0.635. The summed E-state index contributed by atoms with van der Waals surface area (Å²) in [4.78, 5) is 53.0. The molecule has 0 bridgehead atoms. The minimum Gasteiger partial charge on any atom is -0.390 e. The first-order chi connectivity index (χ1) is 15.3. The molecule has 185 valence electrons. The van der Waals surface area contributed by atoms with Gasteiger partial charge in [0.2, 0.25) is 0 Å². The first-order valence-corrected chi connectivity index (χ1v) is 13.9. The van der Waals surface area contributed by atoms with Gasteiger partial charge in [-0.05, 0) is 28.8 Å². The number of H-pyrrole nitrogens is 1. The molecule has 0 aromatic carbocycles. The van der Waals surface area contributed by atoms with Gasteiger partial charge in [0, 0.05) is 24.7 Å². The number of phosphoric acid groups is 1. The second-order valence-electron chi connectivity index (χ2n) is 7.59. The van der Waals surface area contributed by atoms with Gasteiger partial charge in [-0.3, -0.25) is 23.4 Å². The predicted molar refractivity (Wildman–Crippen MR) is 116 cm³/mol. The third-order valence-corrected chi connectivity index (χ3v) is 7.32. The Balaban J connectivity index is 1.45. The fraction of sp³-hybridized carbons (Fsp3) is 0.733. The number of nitrogens with zero attached hydrogens (tertiary/aromatic N) is 1. The molecule has 1 aromatic heterocycles. The van der Waals surface area contributed by atoms with Gasteiger partial charge >= 0.3 is 21.1 Å². The maximum absolute atomic E-state index is 12.3. The Morgan fingerprint density at radius 2 is 1.91 bits per heavy atom. The van der Waals surface area contributed by atoms with Crippen molar-refractivity contribution in [2.75, 3.05) is 19.3 Å². The summed E-state index contributed by atoms with van der Waals surface area (Å²) in [5, 5.41) is 10.2.